The predicted molar refractivity (Wildman–Crippen MR) is 85.7 cm³/mol. The van der Waals surface area contributed by atoms with Crippen molar-refractivity contribution in [1.29, 1.82) is 0 Å². The summed E-state index contributed by atoms with van der Waals surface area (Å²) < 4.78 is 79.5. The van der Waals surface area contributed by atoms with Crippen molar-refractivity contribution < 1.29 is 84.5 Å². The fourth-order valence-electron chi connectivity index (χ4n) is 4.92. The molecular formula is C19H29F6Rb. The van der Waals surface area contributed by atoms with Crippen LogP contribution in [-0.4, -0.2) is 12.4 Å². The number of rotatable bonds is 5. The molecule has 0 saturated heterocycles. The van der Waals surface area contributed by atoms with Gasteiger partial charge in [0.05, 0.1) is 5.92 Å². The van der Waals surface area contributed by atoms with Crippen LogP contribution < -0.4 is 58.2 Å². The molecule has 7 heteroatoms. The van der Waals surface area contributed by atoms with Gasteiger partial charge in [-0.1, -0.05) is 39.0 Å². The van der Waals surface area contributed by atoms with Gasteiger partial charge in [-0.2, -0.15) is 39.2 Å². The van der Waals surface area contributed by atoms with E-state index in [0.717, 1.165) is 12.8 Å². The van der Waals surface area contributed by atoms with Crippen molar-refractivity contribution in [3.8, 4) is 0 Å². The first-order chi connectivity index (χ1) is 11.6. The molecule has 0 aromatic heterocycles. The maximum Gasteiger partial charge on any atom is 1.00 e. The van der Waals surface area contributed by atoms with E-state index in [-0.39, 0.29) is 82.9 Å². The molecule has 2 fully saturated rings. The van der Waals surface area contributed by atoms with Crippen LogP contribution in [0.5, 0.6) is 0 Å². The molecule has 2 aliphatic carbocycles. The van der Waals surface area contributed by atoms with Crippen LogP contribution in [0.3, 0.4) is 0 Å². The Kier molecular flexibility index (Phi) is 10.7. The quantitative estimate of drug-likeness (QED) is 0.426. The second-order valence-corrected chi connectivity index (χ2v) is 7.96. The predicted octanol–water partition coefficient (Wildman–Crippen LogP) is 4.35. The van der Waals surface area contributed by atoms with Gasteiger partial charge in [-0.25, -0.2) is 0 Å². The second kappa shape index (κ2) is 11.0. The molecule has 0 amide bonds. The van der Waals surface area contributed by atoms with Crippen molar-refractivity contribution in [2.75, 3.05) is 0 Å². The Balaban J connectivity index is 0.00000338. The minimum absolute atomic E-state index is 0. The van der Waals surface area contributed by atoms with E-state index < -0.39 is 30.1 Å². The summed E-state index contributed by atoms with van der Waals surface area (Å²) in [6.45, 7) is 1.90. The van der Waals surface area contributed by atoms with Crippen molar-refractivity contribution in [1.82, 2.24) is 0 Å². The Morgan fingerprint density at radius 1 is 0.808 bits per heavy atom. The third kappa shape index (κ3) is 7.33. The van der Waals surface area contributed by atoms with Gasteiger partial charge < -0.3 is 6.42 Å². The van der Waals surface area contributed by atoms with Crippen LogP contribution in [0.2, 0.25) is 0 Å². The molecule has 0 heterocycles. The molecule has 2 aliphatic rings. The maximum absolute atomic E-state index is 13.3. The Morgan fingerprint density at radius 2 is 1.42 bits per heavy atom. The fraction of sp³-hybridized carbons (Fsp3) is 0.947. The summed E-state index contributed by atoms with van der Waals surface area (Å²) >= 11 is 0. The molecule has 2 rings (SSSR count). The van der Waals surface area contributed by atoms with Crippen LogP contribution in [0.25, 0.3) is 0 Å². The first-order valence-electron chi connectivity index (χ1n) is 9.58. The van der Waals surface area contributed by atoms with Crippen LogP contribution in [0.1, 0.15) is 71.1 Å². The largest absolute Gasteiger partial charge is 1.00 e. The van der Waals surface area contributed by atoms with E-state index in [1.807, 2.05) is 6.92 Å². The van der Waals surface area contributed by atoms with E-state index in [1.54, 1.807) is 6.42 Å². The number of alkyl halides is 6. The molecule has 0 spiro atoms. The summed E-state index contributed by atoms with van der Waals surface area (Å²) in [5.74, 6) is -3.41. The van der Waals surface area contributed by atoms with Gasteiger partial charge in [-0.3, -0.25) is 0 Å². The van der Waals surface area contributed by atoms with E-state index in [9.17, 15) is 26.3 Å². The zero-order valence-electron chi connectivity index (χ0n) is 15.8. The molecule has 0 N–H and O–H groups in total. The topological polar surface area (TPSA) is 0 Å². The molecule has 0 aromatic rings. The SMILES string of the molecule is CCC[C@@H]1CC[C@H](CC[C@@H]2CC[CH-]CC2C(F)(F)F)CC1C(F)(F)F.[Rb+]. The van der Waals surface area contributed by atoms with E-state index >= 15 is 0 Å². The molecule has 0 bridgehead atoms. The summed E-state index contributed by atoms with van der Waals surface area (Å²) in [4.78, 5) is 0. The first kappa shape index (κ1) is 25.4. The first-order valence-corrected chi connectivity index (χ1v) is 9.58. The number of hydrogen-bond acceptors (Lipinski definition) is 0. The van der Waals surface area contributed by atoms with Crippen molar-refractivity contribution in [2.24, 2.45) is 29.6 Å². The van der Waals surface area contributed by atoms with Crippen molar-refractivity contribution >= 4 is 0 Å². The minimum Gasteiger partial charge on any atom is -0.328 e. The molecule has 26 heavy (non-hydrogen) atoms. The van der Waals surface area contributed by atoms with Gasteiger partial charge >= 0.3 is 70.5 Å². The van der Waals surface area contributed by atoms with Crippen LogP contribution in [0.4, 0.5) is 26.3 Å². The third-order valence-electron chi connectivity index (χ3n) is 6.28. The Hall–Kier alpha value is 1.39. The fourth-order valence-corrected chi connectivity index (χ4v) is 4.92. The molecule has 0 radical (unpaired) electrons. The van der Waals surface area contributed by atoms with Gasteiger partial charge in [-0.05, 0) is 37.0 Å². The Bertz CT molecular complexity index is 406. The average Bonchev–Trinajstić information content (AvgIpc) is 2.52. The smallest absolute Gasteiger partial charge is 0.328 e. The summed E-state index contributed by atoms with van der Waals surface area (Å²) in [5, 5.41) is 0. The maximum atomic E-state index is 13.3. The van der Waals surface area contributed by atoms with Crippen LogP contribution in [0, 0.1) is 36.0 Å². The van der Waals surface area contributed by atoms with Gasteiger partial charge in [0.2, 0.25) is 0 Å². The molecule has 0 aromatic carbocycles. The van der Waals surface area contributed by atoms with Gasteiger partial charge in [0.1, 0.15) is 0 Å². The van der Waals surface area contributed by atoms with E-state index in [4.69, 9.17) is 0 Å². The zero-order valence-corrected chi connectivity index (χ0v) is 20.7. The zero-order chi connectivity index (χ0) is 18.7. The monoisotopic (exact) mass is 456 g/mol. The van der Waals surface area contributed by atoms with Crippen LogP contribution in [-0.2, 0) is 0 Å². The molecule has 0 nitrogen and oxygen atoms in total. The Labute approximate surface area is 202 Å². The van der Waals surface area contributed by atoms with Crippen molar-refractivity contribution in [3.05, 3.63) is 6.42 Å². The van der Waals surface area contributed by atoms with Gasteiger partial charge in [0, 0.05) is 5.92 Å². The molecule has 0 aliphatic heterocycles. The Morgan fingerprint density at radius 3 is 2.00 bits per heavy atom. The van der Waals surface area contributed by atoms with Crippen molar-refractivity contribution in [2.45, 2.75) is 83.5 Å². The standard InChI is InChI=1S/C19H29F6.Rb/c1-2-5-14-10-8-13(12-17(14)19(23,24)25)9-11-15-6-3-4-7-16(15)18(20,21)22;/h4,13-17H,2-3,5-12H2,1H3;/q-1;+1/t13-,14-,15+,16?,17?;/m1./s1. The van der Waals surface area contributed by atoms with E-state index in [1.165, 1.54) is 0 Å². The molecule has 148 valence electrons. The number of halogens is 6. The molecular weight excluding hydrogens is 428 g/mol. The van der Waals surface area contributed by atoms with Crippen molar-refractivity contribution in [3.63, 3.8) is 0 Å². The number of hydrogen-bond donors (Lipinski definition) is 0. The summed E-state index contributed by atoms with van der Waals surface area (Å²) in [7, 11) is 0. The van der Waals surface area contributed by atoms with Crippen LogP contribution >= 0.6 is 0 Å². The van der Waals surface area contributed by atoms with Crippen LogP contribution in [0.15, 0.2) is 0 Å². The summed E-state index contributed by atoms with van der Waals surface area (Å²) in [5.41, 5.74) is 0. The minimum atomic E-state index is -4.20. The van der Waals surface area contributed by atoms with E-state index in [2.05, 4.69) is 0 Å². The normalized spacial score (nSPS) is 33.6. The summed E-state index contributed by atoms with van der Waals surface area (Å²) in [6.07, 6.45) is -1.80. The van der Waals surface area contributed by atoms with Gasteiger partial charge in [0.25, 0.3) is 0 Å². The molecule has 2 unspecified atom stereocenters. The second-order valence-electron chi connectivity index (χ2n) is 7.96. The van der Waals surface area contributed by atoms with E-state index in [0.29, 0.717) is 38.5 Å². The van der Waals surface area contributed by atoms with Gasteiger partial charge in [-0.15, -0.1) is 0 Å². The van der Waals surface area contributed by atoms with Gasteiger partial charge in [0.15, 0.2) is 0 Å². The molecule has 5 atom stereocenters. The molecule has 2 saturated carbocycles. The summed E-state index contributed by atoms with van der Waals surface area (Å²) in [6, 6.07) is 0. The third-order valence-corrected chi connectivity index (χ3v) is 6.28. The average molecular weight is 457 g/mol.